The van der Waals surface area contributed by atoms with Crippen molar-refractivity contribution in [2.75, 3.05) is 5.32 Å². The summed E-state index contributed by atoms with van der Waals surface area (Å²) >= 11 is 0. The monoisotopic (exact) mass is 337 g/mol. The zero-order valence-electron chi connectivity index (χ0n) is 14.9. The second-order valence-corrected chi connectivity index (χ2v) is 6.97. The number of hydrogen-bond acceptors (Lipinski definition) is 3. The maximum Gasteiger partial charge on any atom is 0.253 e. The van der Waals surface area contributed by atoms with E-state index in [1.165, 1.54) is 36.8 Å². The van der Waals surface area contributed by atoms with Crippen LogP contribution in [0.25, 0.3) is 0 Å². The average Bonchev–Trinajstić information content (AvgIpc) is 2.89. The van der Waals surface area contributed by atoms with E-state index >= 15 is 0 Å². The van der Waals surface area contributed by atoms with Crippen molar-refractivity contribution < 1.29 is 4.79 Å². The second kappa shape index (κ2) is 8.65. The van der Waals surface area contributed by atoms with E-state index in [4.69, 9.17) is 0 Å². The van der Waals surface area contributed by atoms with E-state index in [0.29, 0.717) is 11.6 Å². The van der Waals surface area contributed by atoms with E-state index in [1.54, 1.807) is 12.4 Å². The Labute approximate surface area is 150 Å². The Hall–Kier alpha value is -2.36. The first kappa shape index (κ1) is 17.5. The van der Waals surface area contributed by atoms with Gasteiger partial charge in [0, 0.05) is 25.0 Å². The van der Waals surface area contributed by atoms with Crippen molar-refractivity contribution in [2.45, 2.75) is 58.0 Å². The number of carbonyl (C=O) groups is 1. The molecule has 132 valence electrons. The first-order chi connectivity index (χ1) is 12.2. The van der Waals surface area contributed by atoms with Crippen LogP contribution in [-0.2, 0) is 6.54 Å². The van der Waals surface area contributed by atoms with Crippen molar-refractivity contribution in [1.82, 2.24) is 10.3 Å². The predicted molar refractivity (Wildman–Crippen MR) is 102 cm³/mol. The van der Waals surface area contributed by atoms with Crippen LogP contribution in [0.5, 0.6) is 0 Å². The summed E-state index contributed by atoms with van der Waals surface area (Å²) in [7, 11) is 0. The minimum Gasteiger partial charge on any atom is -0.380 e. The molecule has 1 aromatic heterocycles. The molecule has 1 amide bonds. The Morgan fingerprint density at radius 2 is 1.92 bits per heavy atom. The van der Waals surface area contributed by atoms with Crippen molar-refractivity contribution >= 4 is 11.6 Å². The third kappa shape index (κ3) is 5.31. The summed E-state index contributed by atoms with van der Waals surface area (Å²) in [6, 6.07) is 10.6. The number of nitrogens with zero attached hydrogens (tertiary/aromatic N) is 1. The molecule has 0 saturated heterocycles. The molecule has 4 heteroatoms. The molecule has 0 bridgehead atoms. The molecular formula is C21H27N3O. The van der Waals surface area contributed by atoms with E-state index in [1.807, 2.05) is 6.07 Å². The molecular weight excluding hydrogens is 310 g/mol. The van der Waals surface area contributed by atoms with Gasteiger partial charge in [0.1, 0.15) is 0 Å². The van der Waals surface area contributed by atoms with Crippen LogP contribution >= 0.6 is 0 Å². The summed E-state index contributed by atoms with van der Waals surface area (Å²) in [6.45, 7) is 2.81. The van der Waals surface area contributed by atoms with Crippen LogP contribution in [0.3, 0.4) is 0 Å². The third-order valence-electron chi connectivity index (χ3n) is 4.77. The topological polar surface area (TPSA) is 54.0 Å². The number of rotatable bonds is 5. The van der Waals surface area contributed by atoms with Gasteiger partial charge < -0.3 is 10.6 Å². The molecule has 0 radical (unpaired) electrons. The summed E-state index contributed by atoms with van der Waals surface area (Å²) in [4.78, 5) is 16.7. The molecule has 1 fully saturated rings. The van der Waals surface area contributed by atoms with Crippen LogP contribution in [0.15, 0.2) is 42.7 Å². The summed E-state index contributed by atoms with van der Waals surface area (Å²) in [5.74, 6) is -0.0152. The van der Waals surface area contributed by atoms with Gasteiger partial charge in [-0.3, -0.25) is 9.78 Å². The van der Waals surface area contributed by atoms with Gasteiger partial charge in [0.05, 0.1) is 11.3 Å². The standard InChI is InChI=1S/C21H27N3O/c1-16-7-6-8-17(11-16)13-23-20-12-18(14-22-15-20)21(25)24-19-9-4-2-3-5-10-19/h6-8,11-12,14-15,19,23H,2-5,9-10,13H2,1H3,(H,24,25). The zero-order valence-corrected chi connectivity index (χ0v) is 14.9. The zero-order chi connectivity index (χ0) is 17.5. The van der Waals surface area contributed by atoms with Crippen molar-refractivity contribution in [3.05, 3.63) is 59.4 Å². The summed E-state index contributed by atoms with van der Waals surface area (Å²) < 4.78 is 0. The molecule has 0 unspecified atom stereocenters. The van der Waals surface area contributed by atoms with Gasteiger partial charge in [0.25, 0.3) is 5.91 Å². The number of carbonyl (C=O) groups excluding carboxylic acids is 1. The molecule has 2 aromatic rings. The van der Waals surface area contributed by atoms with Crippen molar-refractivity contribution in [3.8, 4) is 0 Å². The summed E-state index contributed by atoms with van der Waals surface area (Å²) in [5.41, 5.74) is 3.95. The van der Waals surface area contributed by atoms with Gasteiger partial charge in [-0.25, -0.2) is 0 Å². The Balaban J connectivity index is 1.59. The normalized spacial score (nSPS) is 15.4. The van der Waals surface area contributed by atoms with Gasteiger partial charge >= 0.3 is 0 Å². The fourth-order valence-corrected chi connectivity index (χ4v) is 3.38. The third-order valence-corrected chi connectivity index (χ3v) is 4.77. The lowest BCUT2D eigenvalue weighted by Crippen LogP contribution is -2.34. The fourth-order valence-electron chi connectivity index (χ4n) is 3.38. The molecule has 1 aliphatic carbocycles. The molecule has 25 heavy (non-hydrogen) atoms. The van der Waals surface area contributed by atoms with Gasteiger partial charge in [-0.15, -0.1) is 0 Å². The highest BCUT2D eigenvalue weighted by molar-refractivity contribution is 5.94. The minimum atomic E-state index is -0.0152. The first-order valence-electron chi connectivity index (χ1n) is 9.26. The Kier molecular flexibility index (Phi) is 6.04. The molecule has 0 spiro atoms. The highest BCUT2D eigenvalue weighted by atomic mass is 16.1. The lowest BCUT2D eigenvalue weighted by atomic mass is 10.1. The van der Waals surface area contributed by atoms with Crippen LogP contribution in [0.2, 0.25) is 0 Å². The SMILES string of the molecule is Cc1cccc(CNc2cncc(C(=O)NC3CCCCCC3)c2)c1. The summed E-state index contributed by atoms with van der Waals surface area (Å²) in [5, 5.41) is 6.53. The Bertz CT molecular complexity index is 706. The van der Waals surface area contributed by atoms with E-state index in [9.17, 15) is 4.79 Å². The quantitative estimate of drug-likeness (QED) is 0.792. The molecule has 0 atom stereocenters. The first-order valence-corrected chi connectivity index (χ1v) is 9.26. The maximum absolute atomic E-state index is 12.5. The highest BCUT2D eigenvalue weighted by Crippen LogP contribution is 2.18. The molecule has 1 aliphatic rings. The van der Waals surface area contributed by atoms with E-state index in [0.717, 1.165) is 25.1 Å². The fraction of sp³-hybridized carbons (Fsp3) is 0.429. The average molecular weight is 337 g/mol. The smallest absolute Gasteiger partial charge is 0.253 e. The number of anilines is 1. The molecule has 2 N–H and O–H groups in total. The number of aromatic nitrogens is 1. The van der Waals surface area contributed by atoms with Gasteiger partial charge in [0.2, 0.25) is 0 Å². The van der Waals surface area contributed by atoms with Crippen LogP contribution in [0.1, 0.15) is 60.0 Å². The molecule has 3 rings (SSSR count). The number of nitrogens with one attached hydrogen (secondary N) is 2. The van der Waals surface area contributed by atoms with E-state index in [-0.39, 0.29) is 5.91 Å². The van der Waals surface area contributed by atoms with Gasteiger partial charge in [0.15, 0.2) is 0 Å². The highest BCUT2D eigenvalue weighted by Gasteiger charge is 2.16. The molecule has 1 aromatic carbocycles. The van der Waals surface area contributed by atoms with Crippen LogP contribution < -0.4 is 10.6 Å². The van der Waals surface area contributed by atoms with Crippen molar-refractivity contribution in [3.63, 3.8) is 0 Å². The molecule has 1 saturated carbocycles. The predicted octanol–water partition coefficient (Wildman–Crippen LogP) is 4.45. The lowest BCUT2D eigenvalue weighted by Gasteiger charge is -2.16. The van der Waals surface area contributed by atoms with Gasteiger partial charge in [-0.2, -0.15) is 0 Å². The molecule has 1 heterocycles. The van der Waals surface area contributed by atoms with Crippen molar-refractivity contribution in [1.29, 1.82) is 0 Å². The molecule has 0 aliphatic heterocycles. The number of pyridine rings is 1. The largest absolute Gasteiger partial charge is 0.380 e. The maximum atomic E-state index is 12.5. The second-order valence-electron chi connectivity index (χ2n) is 6.97. The number of amides is 1. The van der Waals surface area contributed by atoms with Crippen LogP contribution in [-0.4, -0.2) is 16.9 Å². The van der Waals surface area contributed by atoms with Crippen molar-refractivity contribution in [2.24, 2.45) is 0 Å². The lowest BCUT2D eigenvalue weighted by molar-refractivity contribution is 0.0933. The minimum absolute atomic E-state index is 0.0152. The van der Waals surface area contributed by atoms with Gasteiger partial charge in [-0.1, -0.05) is 55.5 Å². The summed E-state index contributed by atoms with van der Waals surface area (Å²) in [6.07, 6.45) is 10.6. The van der Waals surface area contributed by atoms with E-state index in [2.05, 4.69) is 46.8 Å². The number of hydrogen-bond donors (Lipinski definition) is 2. The van der Waals surface area contributed by atoms with Gasteiger partial charge in [-0.05, 0) is 31.4 Å². The molecule has 4 nitrogen and oxygen atoms in total. The van der Waals surface area contributed by atoms with E-state index < -0.39 is 0 Å². The van der Waals surface area contributed by atoms with Crippen LogP contribution in [0.4, 0.5) is 5.69 Å². The Morgan fingerprint density at radius 3 is 2.68 bits per heavy atom. The van der Waals surface area contributed by atoms with Crippen LogP contribution in [0, 0.1) is 6.92 Å². The number of aryl methyl sites for hydroxylation is 1. The Morgan fingerprint density at radius 1 is 1.12 bits per heavy atom. The number of benzene rings is 1.